The number of aliphatic hydroxyl groups excluding tert-OH is 1. The number of thioether (sulfide) groups is 1. The zero-order valence-electron chi connectivity index (χ0n) is 14.9. The molecule has 1 atom stereocenters. The lowest BCUT2D eigenvalue weighted by molar-refractivity contribution is -0.138. The number of aliphatic carboxylic acids is 1. The molecule has 1 aromatic heterocycles. The first-order valence-corrected chi connectivity index (χ1v) is 9.67. The minimum atomic E-state index is -0.930. The first-order valence-electron chi connectivity index (χ1n) is 8.45. The summed E-state index contributed by atoms with van der Waals surface area (Å²) in [6.45, 7) is 0.526. The molecule has 1 heterocycles. The van der Waals surface area contributed by atoms with Gasteiger partial charge in [-0.25, -0.2) is 9.78 Å². The molecule has 0 saturated carbocycles. The third-order valence-electron chi connectivity index (χ3n) is 4.23. The molecular formula is C20H21N3O3S. The van der Waals surface area contributed by atoms with Gasteiger partial charge < -0.3 is 20.1 Å². The van der Waals surface area contributed by atoms with E-state index in [0.29, 0.717) is 12.1 Å². The van der Waals surface area contributed by atoms with Crippen molar-refractivity contribution in [1.29, 1.82) is 0 Å². The number of imidazole rings is 1. The summed E-state index contributed by atoms with van der Waals surface area (Å²) in [6, 6.07) is 15.9. The highest BCUT2D eigenvalue weighted by molar-refractivity contribution is 7.98. The summed E-state index contributed by atoms with van der Waals surface area (Å²) < 4.78 is 1.97. The van der Waals surface area contributed by atoms with Crippen molar-refractivity contribution >= 4 is 23.4 Å². The van der Waals surface area contributed by atoms with Gasteiger partial charge in [-0.2, -0.15) is 0 Å². The zero-order chi connectivity index (χ0) is 19.2. The maximum Gasteiger partial charge on any atom is 0.330 e. The zero-order valence-corrected chi connectivity index (χ0v) is 15.7. The number of hydrogen-bond acceptors (Lipinski definition) is 5. The van der Waals surface area contributed by atoms with E-state index in [2.05, 4.69) is 10.3 Å². The number of nitrogens with zero attached hydrogens (tertiary/aromatic N) is 2. The number of carboxylic acid groups (broad SMARTS) is 1. The van der Waals surface area contributed by atoms with Gasteiger partial charge in [-0.15, -0.1) is 0 Å². The third-order valence-corrected chi connectivity index (χ3v) is 4.92. The van der Waals surface area contributed by atoms with Crippen LogP contribution in [0, 0.1) is 0 Å². The molecule has 3 N–H and O–H groups in total. The summed E-state index contributed by atoms with van der Waals surface area (Å²) in [5, 5.41) is 22.9. The molecule has 7 heteroatoms. The van der Waals surface area contributed by atoms with Gasteiger partial charge in [0, 0.05) is 12.2 Å². The fourth-order valence-electron chi connectivity index (χ4n) is 2.84. The van der Waals surface area contributed by atoms with Crippen molar-refractivity contribution in [2.75, 3.05) is 11.6 Å². The molecule has 2 aromatic carbocycles. The minimum absolute atomic E-state index is 0.0649. The second-order valence-corrected chi connectivity index (χ2v) is 6.78. The lowest BCUT2D eigenvalue weighted by Crippen LogP contribution is -2.20. The summed E-state index contributed by atoms with van der Waals surface area (Å²) in [5.74, 6) is -0.930. The van der Waals surface area contributed by atoms with Gasteiger partial charge in [-0.05, 0) is 29.5 Å². The van der Waals surface area contributed by atoms with Crippen molar-refractivity contribution in [2.24, 2.45) is 0 Å². The third kappa shape index (κ3) is 4.50. The van der Waals surface area contributed by atoms with E-state index < -0.39 is 12.0 Å². The lowest BCUT2D eigenvalue weighted by atomic mass is 10.1. The highest BCUT2D eigenvalue weighted by Crippen LogP contribution is 2.22. The predicted molar refractivity (Wildman–Crippen MR) is 106 cm³/mol. The average Bonchev–Trinajstić information content (AvgIpc) is 3.09. The second kappa shape index (κ2) is 8.75. The van der Waals surface area contributed by atoms with E-state index in [1.165, 1.54) is 11.8 Å². The molecule has 3 aromatic rings. The van der Waals surface area contributed by atoms with Crippen LogP contribution in [-0.2, 0) is 17.9 Å². The highest BCUT2D eigenvalue weighted by Gasteiger charge is 2.19. The van der Waals surface area contributed by atoms with Gasteiger partial charge in [0.2, 0.25) is 0 Å². The van der Waals surface area contributed by atoms with Crippen molar-refractivity contribution in [3.05, 3.63) is 77.6 Å². The van der Waals surface area contributed by atoms with Gasteiger partial charge in [0.15, 0.2) is 11.2 Å². The standard InChI is InChI=1S/C20H21N3O3S/c1-27-20-21-11-17(13-24)23(20)12-14-7-9-16(10-8-14)22-18(19(25)26)15-5-3-2-4-6-15/h2-11,18,22,24H,12-13H2,1H3,(H,25,26). The summed E-state index contributed by atoms with van der Waals surface area (Å²) >= 11 is 1.53. The fraction of sp³-hybridized carbons (Fsp3) is 0.200. The monoisotopic (exact) mass is 383 g/mol. The van der Waals surface area contributed by atoms with E-state index in [1.54, 1.807) is 18.3 Å². The summed E-state index contributed by atoms with van der Waals surface area (Å²) in [5.41, 5.74) is 3.23. The van der Waals surface area contributed by atoms with Crippen LogP contribution in [0.5, 0.6) is 0 Å². The average molecular weight is 383 g/mol. The Labute approximate surface area is 161 Å². The number of hydrogen-bond donors (Lipinski definition) is 3. The number of rotatable bonds is 8. The Morgan fingerprint density at radius 2 is 1.89 bits per heavy atom. The highest BCUT2D eigenvalue weighted by atomic mass is 32.2. The Morgan fingerprint density at radius 1 is 1.19 bits per heavy atom. The van der Waals surface area contributed by atoms with Crippen molar-refractivity contribution < 1.29 is 15.0 Å². The van der Waals surface area contributed by atoms with Gasteiger partial charge in [0.05, 0.1) is 18.5 Å². The number of anilines is 1. The molecule has 0 amide bonds. The molecule has 1 unspecified atom stereocenters. The Balaban J connectivity index is 1.75. The topological polar surface area (TPSA) is 87.4 Å². The molecule has 0 radical (unpaired) electrons. The van der Waals surface area contributed by atoms with Gasteiger partial charge >= 0.3 is 5.97 Å². The van der Waals surface area contributed by atoms with E-state index in [1.807, 2.05) is 53.3 Å². The molecule has 6 nitrogen and oxygen atoms in total. The van der Waals surface area contributed by atoms with Gasteiger partial charge in [0.25, 0.3) is 0 Å². The van der Waals surface area contributed by atoms with Gasteiger partial charge in [-0.1, -0.05) is 54.2 Å². The van der Waals surface area contributed by atoms with Crippen LogP contribution in [0.1, 0.15) is 22.9 Å². The van der Waals surface area contributed by atoms with Crippen LogP contribution in [0.2, 0.25) is 0 Å². The number of nitrogens with one attached hydrogen (secondary N) is 1. The van der Waals surface area contributed by atoms with Crippen LogP contribution in [0.25, 0.3) is 0 Å². The molecule has 0 saturated heterocycles. The van der Waals surface area contributed by atoms with Crippen LogP contribution in [-0.4, -0.2) is 32.0 Å². The Morgan fingerprint density at radius 3 is 2.48 bits per heavy atom. The number of aromatic nitrogens is 2. The maximum atomic E-state index is 11.6. The summed E-state index contributed by atoms with van der Waals surface area (Å²) in [6.07, 6.45) is 3.63. The minimum Gasteiger partial charge on any atom is -0.479 e. The predicted octanol–water partition coefficient (Wildman–Crippen LogP) is 3.38. The molecule has 0 aliphatic heterocycles. The Hall–Kier alpha value is -2.77. The quantitative estimate of drug-likeness (QED) is 0.517. The van der Waals surface area contributed by atoms with Crippen molar-refractivity contribution in [3.63, 3.8) is 0 Å². The van der Waals surface area contributed by atoms with E-state index in [4.69, 9.17) is 0 Å². The molecule has 140 valence electrons. The summed E-state index contributed by atoms with van der Waals surface area (Å²) in [7, 11) is 0. The van der Waals surface area contributed by atoms with E-state index >= 15 is 0 Å². The van der Waals surface area contributed by atoms with Crippen LogP contribution in [0.15, 0.2) is 66.0 Å². The van der Waals surface area contributed by atoms with Crippen LogP contribution >= 0.6 is 11.8 Å². The fourth-order valence-corrected chi connectivity index (χ4v) is 3.40. The van der Waals surface area contributed by atoms with Crippen LogP contribution in [0.4, 0.5) is 5.69 Å². The molecule has 0 fully saturated rings. The van der Waals surface area contributed by atoms with E-state index in [0.717, 1.165) is 22.1 Å². The van der Waals surface area contributed by atoms with Crippen LogP contribution < -0.4 is 5.32 Å². The van der Waals surface area contributed by atoms with Gasteiger partial charge in [0.1, 0.15) is 0 Å². The number of aliphatic hydroxyl groups is 1. The largest absolute Gasteiger partial charge is 0.479 e. The van der Waals surface area contributed by atoms with Crippen LogP contribution in [0.3, 0.4) is 0 Å². The Bertz CT molecular complexity index is 873. The maximum absolute atomic E-state index is 11.6. The Kier molecular flexibility index (Phi) is 6.16. The molecule has 0 bridgehead atoms. The molecule has 0 aliphatic rings. The van der Waals surface area contributed by atoms with Crippen molar-refractivity contribution in [3.8, 4) is 0 Å². The molecule has 0 spiro atoms. The molecule has 0 aliphatic carbocycles. The van der Waals surface area contributed by atoms with E-state index in [-0.39, 0.29) is 6.61 Å². The van der Waals surface area contributed by atoms with Crippen molar-refractivity contribution in [2.45, 2.75) is 24.3 Å². The smallest absolute Gasteiger partial charge is 0.330 e. The van der Waals surface area contributed by atoms with E-state index in [9.17, 15) is 15.0 Å². The molecular weight excluding hydrogens is 362 g/mol. The number of carbonyl (C=O) groups is 1. The normalized spacial score (nSPS) is 11.9. The first kappa shape index (κ1) is 19.0. The number of carboxylic acids is 1. The second-order valence-electron chi connectivity index (χ2n) is 6.00. The summed E-state index contributed by atoms with van der Waals surface area (Å²) in [4.78, 5) is 15.9. The molecule has 3 rings (SSSR count). The SMILES string of the molecule is CSc1ncc(CO)n1Cc1ccc(NC(C(=O)O)c2ccccc2)cc1. The first-order chi connectivity index (χ1) is 13.1. The lowest BCUT2D eigenvalue weighted by Gasteiger charge is -2.17. The van der Waals surface area contributed by atoms with Crippen molar-refractivity contribution in [1.82, 2.24) is 9.55 Å². The van der Waals surface area contributed by atoms with Gasteiger partial charge in [-0.3, -0.25) is 0 Å². The molecule has 27 heavy (non-hydrogen) atoms. The number of benzene rings is 2.